The van der Waals surface area contributed by atoms with E-state index in [4.69, 9.17) is 9.84 Å². The molecule has 0 saturated carbocycles. The Balaban J connectivity index is 2.60. The van der Waals surface area contributed by atoms with E-state index in [1.54, 1.807) is 6.07 Å². The molecule has 1 aromatic heterocycles. The molecule has 0 bridgehead atoms. The number of rotatable bonds is 5. The SMILES string of the molecule is C=C(C)CCOc1cc(CO)cc(C)n1. The Kier molecular flexibility index (Phi) is 4.31. The average molecular weight is 207 g/mol. The van der Waals surface area contributed by atoms with Gasteiger partial charge in [0.25, 0.3) is 0 Å². The molecule has 0 unspecified atom stereocenters. The zero-order chi connectivity index (χ0) is 11.3. The van der Waals surface area contributed by atoms with Crippen LogP contribution < -0.4 is 4.74 Å². The molecule has 1 heterocycles. The quantitative estimate of drug-likeness (QED) is 0.753. The van der Waals surface area contributed by atoms with Crippen molar-refractivity contribution in [1.82, 2.24) is 4.98 Å². The molecule has 0 aromatic carbocycles. The Morgan fingerprint density at radius 1 is 1.53 bits per heavy atom. The predicted molar refractivity (Wildman–Crippen MR) is 59.8 cm³/mol. The summed E-state index contributed by atoms with van der Waals surface area (Å²) in [5, 5.41) is 9.00. The average Bonchev–Trinajstić information content (AvgIpc) is 2.16. The molecular formula is C12H17NO2. The van der Waals surface area contributed by atoms with Crippen LogP contribution in [-0.4, -0.2) is 16.7 Å². The van der Waals surface area contributed by atoms with Gasteiger partial charge in [-0.3, -0.25) is 0 Å². The van der Waals surface area contributed by atoms with E-state index in [0.717, 1.165) is 23.3 Å². The molecule has 0 aliphatic heterocycles. The van der Waals surface area contributed by atoms with Gasteiger partial charge in [0.05, 0.1) is 13.2 Å². The van der Waals surface area contributed by atoms with Crippen LogP contribution in [0.15, 0.2) is 24.3 Å². The topological polar surface area (TPSA) is 42.4 Å². The van der Waals surface area contributed by atoms with Gasteiger partial charge >= 0.3 is 0 Å². The molecular weight excluding hydrogens is 190 g/mol. The zero-order valence-electron chi connectivity index (χ0n) is 9.29. The maximum Gasteiger partial charge on any atom is 0.213 e. The highest BCUT2D eigenvalue weighted by atomic mass is 16.5. The predicted octanol–water partition coefficient (Wildman–Crippen LogP) is 2.23. The molecule has 3 heteroatoms. The van der Waals surface area contributed by atoms with Gasteiger partial charge in [-0.25, -0.2) is 4.98 Å². The standard InChI is InChI=1S/C12H17NO2/c1-9(2)4-5-15-12-7-11(8-14)6-10(3)13-12/h6-7,14H,1,4-5,8H2,2-3H3. The van der Waals surface area contributed by atoms with Gasteiger partial charge in [0, 0.05) is 18.2 Å². The Morgan fingerprint density at radius 3 is 2.87 bits per heavy atom. The Hall–Kier alpha value is -1.35. The number of pyridine rings is 1. The van der Waals surface area contributed by atoms with E-state index in [-0.39, 0.29) is 6.61 Å². The molecule has 3 nitrogen and oxygen atoms in total. The molecule has 0 radical (unpaired) electrons. The molecule has 1 aromatic rings. The zero-order valence-corrected chi connectivity index (χ0v) is 9.29. The molecule has 15 heavy (non-hydrogen) atoms. The molecule has 0 fully saturated rings. The summed E-state index contributed by atoms with van der Waals surface area (Å²) in [4.78, 5) is 4.22. The summed E-state index contributed by atoms with van der Waals surface area (Å²) in [6.07, 6.45) is 0.823. The van der Waals surface area contributed by atoms with Crippen molar-refractivity contribution in [2.24, 2.45) is 0 Å². The molecule has 0 saturated heterocycles. The second-order valence-electron chi connectivity index (χ2n) is 3.67. The number of hydrogen-bond donors (Lipinski definition) is 1. The number of aliphatic hydroxyl groups excluding tert-OH is 1. The van der Waals surface area contributed by atoms with Crippen molar-refractivity contribution >= 4 is 0 Å². The number of hydrogen-bond acceptors (Lipinski definition) is 3. The third-order valence-electron chi connectivity index (χ3n) is 1.95. The first-order valence-corrected chi connectivity index (χ1v) is 4.97. The van der Waals surface area contributed by atoms with Crippen LogP contribution in [0.3, 0.4) is 0 Å². The Morgan fingerprint density at radius 2 is 2.27 bits per heavy atom. The van der Waals surface area contributed by atoms with E-state index in [9.17, 15) is 0 Å². The van der Waals surface area contributed by atoms with Crippen LogP contribution >= 0.6 is 0 Å². The highest BCUT2D eigenvalue weighted by molar-refractivity contribution is 5.24. The van der Waals surface area contributed by atoms with Crippen molar-refractivity contribution in [2.45, 2.75) is 26.9 Å². The van der Waals surface area contributed by atoms with Gasteiger partial charge in [-0.2, -0.15) is 0 Å². The molecule has 0 aliphatic carbocycles. The number of nitrogens with zero attached hydrogens (tertiary/aromatic N) is 1. The van der Waals surface area contributed by atoms with Crippen LogP contribution in [-0.2, 0) is 6.61 Å². The van der Waals surface area contributed by atoms with Crippen molar-refractivity contribution in [1.29, 1.82) is 0 Å². The van der Waals surface area contributed by atoms with E-state index in [1.165, 1.54) is 0 Å². The van der Waals surface area contributed by atoms with Crippen LogP contribution in [0, 0.1) is 6.92 Å². The molecule has 0 amide bonds. The largest absolute Gasteiger partial charge is 0.477 e. The van der Waals surface area contributed by atoms with E-state index < -0.39 is 0 Å². The summed E-state index contributed by atoms with van der Waals surface area (Å²) in [5.41, 5.74) is 2.77. The Labute approximate surface area is 90.4 Å². The normalized spacial score (nSPS) is 10.1. The monoisotopic (exact) mass is 207 g/mol. The number of ether oxygens (including phenoxy) is 1. The van der Waals surface area contributed by atoms with Gasteiger partial charge in [-0.05, 0) is 25.5 Å². The molecule has 1 rings (SSSR count). The van der Waals surface area contributed by atoms with Crippen LogP contribution in [0.25, 0.3) is 0 Å². The summed E-state index contributed by atoms with van der Waals surface area (Å²) >= 11 is 0. The van der Waals surface area contributed by atoms with Crippen LogP contribution in [0.4, 0.5) is 0 Å². The highest BCUT2D eigenvalue weighted by Gasteiger charge is 2.00. The van der Waals surface area contributed by atoms with Crippen molar-refractivity contribution in [3.05, 3.63) is 35.5 Å². The summed E-state index contributed by atoms with van der Waals surface area (Å²) in [6, 6.07) is 3.59. The van der Waals surface area contributed by atoms with Crippen LogP contribution in [0.1, 0.15) is 24.6 Å². The molecule has 82 valence electrons. The minimum absolute atomic E-state index is 0.0141. The van der Waals surface area contributed by atoms with Crippen LogP contribution in [0.2, 0.25) is 0 Å². The van der Waals surface area contributed by atoms with Gasteiger partial charge in [-0.1, -0.05) is 5.57 Å². The first kappa shape index (κ1) is 11.7. The smallest absolute Gasteiger partial charge is 0.213 e. The molecule has 0 spiro atoms. The van der Waals surface area contributed by atoms with Crippen molar-refractivity contribution in [2.75, 3.05) is 6.61 Å². The number of aliphatic hydroxyl groups is 1. The lowest BCUT2D eigenvalue weighted by atomic mass is 10.2. The maximum absolute atomic E-state index is 9.00. The number of aryl methyl sites for hydroxylation is 1. The third-order valence-corrected chi connectivity index (χ3v) is 1.95. The van der Waals surface area contributed by atoms with Gasteiger partial charge in [0.15, 0.2) is 0 Å². The summed E-state index contributed by atoms with van der Waals surface area (Å²) in [6.45, 7) is 8.24. The molecule has 0 atom stereocenters. The fourth-order valence-electron chi connectivity index (χ4n) is 1.20. The lowest BCUT2D eigenvalue weighted by Crippen LogP contribution is -2.01. The minimum atomic E-state index is 0.0141. The summed E-state index contributed by atoms with van der Waals surface area (Å²) in [7, 11) is 0. The maximum atomic E-state index is 9.00. The second-order valence-corrected chi connectivity index (χ2v) is 3.67. The van der Waals surface area contributed by atoms with E-state index in [0.29, 0.717) is 12.5 Å². The lowest BCUT2D eigenvalue weighted by molar-refractivity contribution is 0.277. The summed E-state index contributed by atoms with van der Waals surface area (Å²) in [5.74, 6) is 0.570. The van der Waals surface area contributed by atoms with Gasteiger partial charge in [-0.15, -0.1) is 6.58 Å². The second kappa shape index (κ2) is 5.51. The van der Waals surface area contributed by atoms with Gasteiger partial charge in [0.2, 0.25) is 5.88 Å². The summed E-state index contributed by atoms with van der Waals surface area (Å²) < 4.78 is 5.46. The van der Waals surface area contributed by atoms with Gasteiger partial charge in [0.1, 0.15) is 0 Å². The first-order chi connectivity index (χ1) is 7.11. The third kappa shape index (κ3) is 4.13. The van der Waals surface area contributed by atoms with Crippen LogP contribution in [0.5, 0.6) is 5.88 Å². The fraction of sp³-hybridized carbons (Fsp3) is 0.417. The highest BCUT2D eigenvalue weighted by Crippen LogP contribution is 2.13. The molecule has 0 aliphatic rings. The lowest BCUT2D eigenvalue weighted by Gasteiger charge is -2.07. The number of aromatic nitrogens is 1. The van der Waals surface area contributed by atoms with Crippen molar-refractivity contribution in [3.63, 3.8) is 0 Å². The van der Waals surface area contributed by atoms with E-state index in [2.05, 4.69) is 11.6 Å². The Bertz CT molecular complexity index is 347. The fourth-order valence-corrected chi connectivity index (χ4v) is 1.20. The van der Waals surface area contributed by atoms with E-state index >= 15 is 0 Å². The van der Waals surface area contributed by atoms with Crippen molar-refractivity contribution < 1.29 is 9.84 Å². The first-order valence-electron chi connectivity index (χ1n) is 4.97. The van der Waals surface area contributed by atoms with Crippen molar-refractivity contribution in [3.8, 4) is 5.88 Å². The van der Waals surface area contributed by atoms with E-state index in [1.807, 2.05) is 19.9 Å². The minimum Gasteiger partial charge on any atom is -0.477 e. The van der Waals surface area contributed by atoms with Gasteiger partial charge < -0.3 is 9.84 Å². The molecule has 1 N–H and O–H groups in total.